The van der Waals surface area contributed by atoms with Gasteiger partial charge in [-0.1, -0.05) is 47.7 Å². The van der Waals surface area contributed by atoms with Crippen molar-refractivity contribution < 1.29 is 17.6 Å². The van der Waals surface area contributed by atoms with Gasteiger partial charge in [-0.15, -0.1) is 10.2 Å². The molecule has 10 heteroatoms. The van der Waals surface area contributed by atoms with E-state index in [4.69, 9.17) is 0 Å². The van der Waals surface area contributed by atoms with Crippen LogP contribution in [0.2, 0.25) is 0 Å². The molecule has 1 unspecified atom stereocenters. The molecule has 1 aliphatic heterocycles. The third-order valence-electron chi connectivity index (χ3n) is 4.76. The van der Waals surface area contributed by atoms with Gasteiger partial charge in [0.05, 0.1) is 11.8 Å². The lowest BCUT2D eigenvalue weighted by Crippen LogP contribution is -2.31. The first kappa shape index (κ1) is 20.6. The molecule has 1 aliphatic rings. The first-order valence-electron chi connectivity index (χ1n) is 9.36. The fourth-order valence-electron chi connectivity index (χ4n) is 3.40. The number of hydrogen-bond acceptors (Lipinski definition) is 6. The number of carbonyl (C=O) groups is 1. The number of hydrogen-bond donors (Lipinski definition) is 1. The SMILES string of the molecule is O=C(Nc1cccc(F)c1)c1nnc(C2CCCN2S(=O)(=O)Cc2ccccc2)s1. The summed E-state index contributed by atoms with van der Waals surface area (Å²) in [5.41, 5.74) is 1.03. The number of benzene rings is 2. The maximum Gasteiger partial charge on any atom is 0.286 e. The third kappa shape index (κ3) is 4.55. The van der Waals surface area contributed by atoms with E-state index in [2.05, 4.69) is 15.5 Å². The zero-order valence-electron chi connectivity index (χ0n) is 15.9. The Balaban J connectivity index is 1.50. The summed E-state index contributed by atoms with van der Waals surface area (Å²) < 4.78 is 40.7. The number of anilines is 1. The minimum absolute atomic E-state index is 0.0872. The average Bonchev–Trinajstić information content (AvgIpc) is 3.38. The highest BCUT2D eigenvalue weighted by Crippen LogP contribution is 2.36. The normalized spacial score (nSPS) is 17.2. The van der Waals surface area contributed by atoms with E-state index in [0.717, 1.165) is 16.9 Å². The van der Waals surface area contributed by atoms with Gasteiger partial charge >= 0.3 is 0 Å². The number of nitrogens with one attached hydrogen (secondary N) is 1. The van der Waals surface area contributed by atoms with E-state index in [9.17, 15) is 17.6 Å². The second kappa shape index (κ2) is 8.58. The van der Waals surface area contributed by atoms with Crippen LogP contribution in [0.3, 0.4) is 0 Å². The van der Waals surface area contributed by atoms with Gasteiger partial charge in [-0.2, -0.15) is 4.31 Å². The van der Waals surface area contributed by atoms with E-state index >= 15 is 0 Å². The number of rotatable bonds is 6. The van der Waals surface area contributed by atoms with Crippen molar-refractivity contribution in [3.63, 3.8) is 0 Å². The van der Waals surface area contributed by atoms with Gasteiger partial charge in [0, 0.05) is 12.2 Å². The Kier molecular flexibility index (Phi) is 5.89. The molecule has 0 radical (unpaired) electrons. The minimum Gasteiger partial charge on any atom is -0.320 e. The van der Waals surface area contributed by atoms with Crippen LogP contribution in [0.1, 0.15) is 39.3 Å². The molecular weight excluding hydrogens is 427 g/mol. The maximum atomic E-state index is 13.3. The van der Waals surface area contributed by atoms with Crippen molar-refractivity contribution in [1.29, 1.82) is 0 Å². The summed E-state index contributed by atoms with van der Waals surface area (Å²) in [6, 6.07) is 14.1. The molecule has 2 aromatic carbocycles. The molecular formula is C20H19FN4O3S2. The van der Waals surface area contributed by atoms with Crippen LogP contribution >= 0.6 is 11.3 Å². The molecule has 7 nitrogen and oxygen atoms in total. The fraction of sp³-hybridized carbons (Fsp3) is 0.250. The number of nitrogens with zero attached hydrogens (tertiary/aromatic N) is 3. The molecule has 30 heavy (non-hydrogen) atoms. The summed E-state index contributed by atoms with van der Waals surface area (Å²) in [5, 5.41) is 11.2. The van der Waals surface area contributed by atoms with Crippen LogP contribution in [-0.2, 0) is 15.8 Å². The highest BCUT2D eigenvalue weighted by atomic mass is 32.2. The Morgan fingerprint density at radius 2 is 1.97 bits per heavy atom. The molecule has 3 aromatic rings. The third-order valence-corrected chi connectivity index (χ3v) is 7.63. The van der Waals surface area contributed by atoms with E-state index < -0.39 is 27.8 Å². The Labute approximate surface area is 177 Å². The first-order chi connectivity index (χ1) is 14.4. The van der Waals surface area contributed by atoms with Gasteiger partial charge in [0.1, 0.15) is 10.8 Å². The quantitative estimate of drug-likeness (QED) is 0.625. The van der Waals surface area contributed by atoms with Crippen molar-refractivity contribution in [2.75, 3.05) is 11.9 Å². The largest absolute Gasteiger partial charge is 0.320 e. The summed E-state index contributed by atoms with van der Waals surface area (Å²) in [6.07, 6.45) is 1.33. The molecule has 0 spiro atoms. The van der Waals surface area contributed by atoms with Crippen molar-refractivity contribution in [3.05, 3.63) is 76.0 Å². The molecule has 0 saturated carbocycles. The zero-order valence-corrected chi connectivity index (χ0v) is 17.5. The van der Waals surface area contributed by atoms with E-state index in [1.807, 2.05) is 6.07 Å². The van der Waals surface area contributed by atoms with Crippen molar-refractivity contribution in [2.45, 2.75) is 24.6 Å². The molecule has 1 saturated heterocycles. The number of carbonyl (C=O) groups excluding carboxylic acids is 1. The van der Waals surface area contributed by atoms with E-state index in [-0.39, 0.29) is 10.8 Å². The molecule has 4 rings (SSSR count). The Morgan fingerprint density at radius 3 is 2.73 bits per heavy atom. The zero-order chi connectivity index (χ0) is 21.1. The molecule has 0 bridgehead atoms. The summed E-state index contributed by atoms with van der Waals surface area (Å²) >= 11 is 1.05. The van der Waals surface area contributed by atoms with Gasteiger partial charge in [-0.25, -0.2) is 12.8 Å². The summed E-state index contributed by atoms with van der Waals surface area (Å²) in [6.45, 7) is 0.407. The van der Waals surface area contributed by atoms with Crippen molar-refractivity contribution in [1.82, 2.24) is 14.5 Å². The van der Waals surface area contributed by atoms with Gasteiger partial charge in [0.25, 0.3) is 5.91 Å². The number of sulfonamides is 1. The Hall–Kier alpha value is -2.69. The molecule has 156 valence electrons. The van der Waals surface area contributed by atoms with Crippen LogP contribution in [0.4, 0.5) is 10.1 Å². The van der Waals surface area contributed by atoms with Crippen molar-refractivity contribution >= 4 is 33.0 Å². The maximum absolute atomic E-state index is 13.3. The highest BCUT2D eigenvalue weighted by molar-refractivity contribution is 7.88. The molecule has 1 fully saturated rings. The van der Waals surface area contributed by atoms with Crippen LogP contribution in [0.25, 0.3) is 0 Å². The van der Waals surface area contributed by atoms with Crippen molar-refractivity contribution in [3.8, 4) is 0 Å². The van der Waals surface area contributed by atoms with E-state index in [1.165, 1.54) is 22.5 Å². The van der Waals surface area contributed by atoms with Crippen molar-refractivity contribution in [2.24, 2.45) is 0 Å². The molecule has 0 aliphatic carbocycles. The number of aromatic nitrogens is 2. The number of amides is 1. The van der Waals surface area contributed by atoms with Gasteiger partial charge in [-0.3, -0.25) is 4.79 Å². The van der Waals surface area contributed by atoms with Crippen LogP contribution < -0.4 is 5.32 Å². The lowest BCUT2D eigenvalue weighted by Gasteiger charge is -2.22. The molecule has 2 heterocycles. The standard InChI is InChI=1S/C20H19FN4O3S2/c21-15-8-4-9-16(12-15)22-18(26)20-24-23-19(29-20)17-10-5-11-25(17)30(27,28)13-14-6-2-1-3-7-14/h1-4,6-9,12,17H,5,10-11,13H2,(H,22,26). The number of halogens is 1. The fourth-order valence-corrected chi connectivity index (χ4v) is 6.13. The van der Waals surface area contributed by atoms with Gasteiger partial charge < -0.3 is 5.32 Å². The second-order valence-electron chi connectivity index (χ2n) is 6.92. The first-order valence-corrected chi connectivity index (χ1v) is 11.8. The Morgan fingerprint density at radius 1 is 1.17 bits per heavy atom. The topological polar surface area (TPSA) is 92.3 Å². The van der Waals surface area contributed by atoms with Gasteiger partial charge in [-0.05, 0) is 36.6 Å². The smallest absolute Gasteiger partial charge is 0.286 e. The predicted octanol–water partition coefficient (Wildman–Crippen LogP) is 3.60. The van der Waals surface area contributed by atoms with Crippen LogP contribution in [0.5, 0.6) is 0 Å². The van der Waals surface area contributed by atoms with Gasteiger partial charge in [0.2, 0.25) is 15.0 Å². The Bertz CT molecular complexity index is 1150. The predicted molar refractivity (Wildman–Crippen MR) is 112 cm³/mol. The lowest BCUT2D eigenvalue weighted by atomic mass is 10.2. The molecule has 1 atom stereocenters. The second-order valence-corrected chi connectivity index (χ2v) is 9.85. The summed E-state index contributed by atoms with van der Waals surface area (Å²) in [7, 11) is -3.54. The van der Waals surface area contributed by atoms with Gasteiger partial charge in [0.15, 0.2) is 0 Å². The monoisotopic (exact) mass is 446 g/mol. The van der Waals surface area contributed by atoms with E-state index in [0.29, 0.717) is 30.1 Å². The molecule has 1 aromatic heterocycles. The average molecular weight is 447 g/mol. The molecule has 1 amide bonds. The van der Waals surface area contributed by atoms with Crippen LogP contribution in [0, 0.1) is 5.82 Å². The van der Waals surface area contributed by atoms with Crippen LogP contribution in [-0.4, -0.2) is 35.4 Å². The summed E-state index contributed by atoms with van der Waals surface area (Å²) in [5.74, 6) is -1.06. The van der Waals surface area contributed by atoms with Crippen LogP contribution in [0.15, 0.2) is 54.6 Å². The lowest BCUT2D eigenvalue weighted by molar-refractivity contribution is 0.102. The highest BCUT2D eigenvalue weighted by Gasteiger charge is 2.37. The minimum atomic E-state index is -3.54. The summed E-state index contributed by atoms with van der Waals surface area (Å²) in [4.78, 5) is 12.4. The van der Waals surface area contributed by atoms with E-state index in [1.54, 1.807) is 30.3 Å². The molecule has 1 N–H and O–H groups in total.